The predicted molar refractivity (Wildman–Crippen MR) is 185 cm³/mol. The Kier molecular flexibility index (Phi) is 11.6. The third-order valence-electron chi connectivity index (χ3n) is 8.05. The molecule has 0 nitrogen and oxygen atoms in total. The van der Waals surface area contributed by atoms with E-state index in [1.165, 1.54) is 82.4 Å². The zero-order valence-electron chi connectivity index (χ0n) is 27.2. The van der Waals surface area contributed by atoms with Gasteiger partial charge in [-0.2, -0.15) is 11.6 Å². The summed E-state index contributed by atoms with van der Waals surface area (Å²) in [5.41, 5.74) is 8.30. The van der Waals surface area contributed by atoms with Crippen molar-refractivity contribution >= 4 is 24.8 Å². The van der Waals surface area contributed by atoms with Gasteiger partial charge in [0.1, 0.15) is 0 Å². The van der Waals surface area contributed by atoms with E-state index in [0.29, 0.717) is 23.7 Å². The third-order valence-corrected chi connectivity index (χ3v) is 9.47. The summed E-state index contributed by atoms with van der Waals surface area (Å²) < 4.78 is 1.42. The molecule has 0 saturated heterocycles. The zero-order valence-corrected chi connectivity index (χ0v) is 29.7. The number of rotatable bonds is 5. The van der Waals surface area contributed by atoms with Crippen molar-refractivity contribution in [2.75, 3.05) is 0 Å². The Bertz CT molecular complexity index is 1590. The van der Waals surface area contributed by atoms with Gasteiger partial charge in [-0.05, 0) is 13.8 Å². The molecular formula is C42H46Zr. The third kappa shape index (κ3) is 8.55. The fraction of sp³-hybridized carbons (Fsp3) is 0.286. The van der Waals surface area contributed by atoms with Crippen LogP contribution in [-0.2, 0) is 24.2 Å². The van der Waals surface area contributed by atoms with Crippen molar-refractivity contribution in [2.45, 2.75) is 55.4 Å². The molecule has 0 N–H and O–H groups in total. The number of hydrogen-bond acceptors (Lipinski definition) is 0. The molecular weight excluding hydrogens is 596 g/mol. The Hall–Kier alpha value is -3.02. The van der Waals surface area contributed by atoms with Gasteiger partial charge >= 0.3 is 99.2 Å². The number of fused-ring (bicyclic) bond motifs is 3. The van der Waals surface area contributed by atoms with Crippen LogP contribution in [0, 0.1) is 43.6 Å². The molecule has 5 aromatic carbocycles. The molecule has 0 heterocycles. The first kappa shape index (κ1) is 32.9. The summed E-state index contributed by atoms with van der Waals surface area (Å²) >= 11 is 1.46. The van der Waals surface area contributed by atoms with Gasteiger partial charge in [0.05, 0.1) is 0 Å². The molecule has 1 aliphatic rings. The average Bonchev–Trinajstić information content (AvgIpc) is 3.60. The Balaban J connectivity index is 0.000000148. The van der Waals surface area contributed by atoms with Gasteiger partial charge in [-0.15, -0.1) is 39.7 Å². The summed E-state index contributed by atoms with van der Waals surface area (Å²) in [6.07, 6.45) is 6.07. The molecule has 5 aromatic rings. The molecule has 1 atom stereocenters. The van der Waals surface area contributed by atoms with E-state index in [2.05, 4.69) is 171 Å². The second-order valence-corrected chi connectivity index (χ2v) is 13.9. The van der Waals surface area contributed by atoms with Gasteiger partial charge in [-0.25, -0.2) is 5.57 Å². The fourth-order valence-electron chi connectivity index (χ4n) is 5.59. The van der Waals surface area contributed by atoms with Gasteiger partial charge in [0, 0.05) is 0 Å². The first-order valence-corrected chi connectivity index (χ1v) is 16.9. The van der Waals surface area contributed by atoms with E-state index in [9.17, 15) is 0 Å². The van der Waals surface area contributed by atoms with Crippen molar-refractivity contribution < 1.29 is 24.2 Å². The first-order valence-electron chi connectivity index (χ1n) is 15.7. The number of aryl methyl sites for hydroxylation is 2. The number of benzene rings is 4. The Morgan fingerprint density at radius 3 is 1.49 bits per heavy atom. The Morgan fingerprint density at radius 2 is 1.12 bits per heavy atom. The topological polar surface area (TPSA) is 0 Å². The maximum absolute atomic E-state index is 3.65. The molecule has 0 aliphatic heterocycles. The standard InChI is InChI=1S/C15H13.C14H23.C13H10.Zr/c1-10-3-5-14-12(7-10)9-13-8-11(2)4-6-15(13)14;1-9(2)12-7-13(10(3)4)14(8-12)11(5)6;1-3-7-12(8-4-1)11-13-9-5-2-6-10-13;/h3-9H,1-2H3;7,9-12H,1-6H3;1-10H;/q2*-1;;+2. The molecule has 0 fully saturated rings. The fourth-order valence-corrected chi connectivity index (χ4v) is 6.41. The van der Waals surface area contributed by atoms with Gasteiger partial charge in [0.2, 0.25) is 0 Å². The van der Waals surface area contributed by atoms with Gasteiger partial charge in [0.25, 0.3) is 0 Å². The summed E-state index contributed by atoms with van der Waals surface area (Å²) in [6, 6.07) is 36.7. The molecule has 218 valence electrons. The van der Waals surface area contributed by atoms with Crippen LogP contribution in [0.2, 0.25) is 0 Å². The molecule has 1 aliphatic carbocycles. The van der Waals surface area contributed by atoms with Gasteiger partial charge in [0.15, 0.2) is 0 Å². The molecule has 0 bridgehead atoms. The van der Waals surface area contributed by atoms with Gasteiger partial charge in [-0.1, -0.05) is 101 Å². The van der Waals surface area contributed by atoms with E-state index in [-0.39, 0.29) is 0 Å². The summed E-state index contributed by atoms with van der Waals surface area (Å²) in [5.74, 6) is 2.49. The van der Waals surface area contributed by atoms with Crippen LogP contribution in [0.1, 0.15) is 63.8 Å². The van der Waals surface area contributed by atoms with Crippen molar-refractivity contribution in [1.29, 1.82) is 0 Å². The second-order valence-electron chi connectivity index (χ2n) is 12.7. The van der Waals surface area contributed by atoms with E-state index >= 15 is 0 Å². The second kappa shape index (κ2) is 15.1. The molecule has 0 saturated carbocycles. The summed E-state index contributed by atoms with van der Waals surface area (Å²) in [5, 5.41) is 5.46. The van der Waals surface area contributed by atoms with Crippen LogP contribution >= 0.6 is 0 Å². The van der Waals surface area contributed by atoms with Crippen molar-refractivity contribution in [2.24, 2.45) is 23.7 Å². The summed E-state index contributed by atoms with van der Waals surface area (Å²) in [7, 11) is 0. The molecule has 1 unspecified atom stereocenters. The number of hydrogen-bond donors (Lipinski definition) is 0. The van der Waals surface area contributed by atoms with Crippen LogP contribution < -0.4 is 0 Å². The van der Waals surface area contributed by atoms with Crippen molar-refractivity contribution in [3.8, 4) is 0 Å². The SMILES string of the molecule is CC(C)C1=[C-]C(C(C)C)C=C1C(C)C.Cc1ccc2c(c1)[cH-]c1cc(C)ccc12.[Zr+2]=[C](c1ccccc1)c1ccccc1. The van der Waals surface area contributed by atoms with Crippen molar-refractivity contribution in [3.05, 3.63) is 149 Å². The first-order chi connectivity index (χ1) is 20.5. The minimum atomic E-state index is 0.546. The van der Waals surface area contributed by atoms with Crippen LogP contribution in [0.25, 0.3) is 21.5 Å². The van der Waals surface area contributed by atoms with Crippen LogP contribution in [0.5, 0.6) is 0 Å². The van der Waals surface area contributed by atoms with E-state index in [4.69, 9.17) is 0 Å². The molecule has 0 aromatic heterocycles. The summed E-state index contributed by atoms with van der Waals surface area (Å²) in [4.78, 5) is 0. The maximum atomic E-state index is 3.65. The van der Waals surface area contributed by atoms with Gasteiger partial charge < -0.3 is 0 Å². The van der Waals surface area contributed by atoms with E-state index in [1.807, 2.05) is 0 Å². The van der Waals surface area contributed by atoms with Crippen LogP contribution in [0.4, 0.5) is 0 Å². The average molecular weight is 642 g/mol. The van der Waals surface area contributed by atoms with Crippen molar-refractivity contribution in [1.82, 2.24) is 0 Å². The van der Waals surface area contributed by atoms with Crippen LogP contribution in [-0.4, -0.2) is 3.21 Å². The van der Waals surface area contributed by atoms with E-state index < -0.39 is 0 Å². The molecule has 1 heteroatoms. The summed E-state index contributed by atoms with van der Waals surface area (Å²) in [6.45, 7) is 17.9. The van der Waals surface area contributed by atoms with E-state index in [0.717, 1.165) is 0 Å². The van der Waals surface area contributed by atoms with Crippen molar-refractivity contribution in [3.63, 3.8) is 0 Å². The Morgan fingerprint density at radius 1 is 0.651 bits per heavy atom. The zero-order chi connectivity index (χ0) is 31.1. The normalized spacial score (nSPS) is 14.4. The van der Waals surface area contributed by atoms with Gasteiger partial charge in [-0.3, -0.25) is 6.08 Å². The van der Waals surface area contributed by atoms with Crippen LogP contribution in [0.3, 0.4) is 0 Å². The quantitative estimate of drug-likeness (QED) is 0.168. The minimum absolute atomic E-state index is 0.546. The molecule has 6 rings (SSSR count). The molecule has 0 spiro atoms. The van der Waals surface area contributed by atoms with Crippen LogP contribution in [0.15, 0.2) is 120 Å². The van der Waals surface area contributed by atoms with E-state index in [1.54, 1.807) is 0 Å². The molecule has 0 amide bonds. The molecule has 43 heavy (non-hydrogen) atoms. The Labute approximate surface area is 275 Å². The molecule has 0 radical (unpaired) electrons. The monoisotopic (exact) mass is 640 g/mol. The predicted octanol–water partition coefficient (Wildman–Crippen LogP) is 11.4. The number of allylic oxidation sites excluding steroid dienone is 4.